The molecule has 0 heterocycles. The second-order valence-electron chi connectivity index (χ2n) is 4.75. The Hall–Kier alpha value is -1.46. The monoisotopic (exact) mass is 260 g/mol. The third-order valence-corrected chi connectivity index (χ3v) is 3.15. The molecular formula is C17H24O2. The van der Waals surface area contributed by atoms with E-state index in [-0.39, 0.29) is 6.10 Å². The molecule has 0 fully saturated rings. The summed E-state index contributed by atoms with van der Waals surface area (Å²) in [6.07, 6.45) is 10.4. The molecule has 0 spiro atoms. The molecule has 0 aliphatic carbocycles. The summed E-state index contributed by atoms with van der Waals surface area (Å²) < 4.78 is 5.64. The molecule has 2 nitrogen and oxygen atoms in total. The van der Waals surface area contributed by atoms with E-state index in [0.717, 1.165) is 50.9 Å². The number of aliphatic hydroxyl groups is 1. The van der Waals surface area contributed by atoms with Crippen LogP contribution in [0.2, 0.25) is 0 Å². The zero-order chi connectivity index (χ0) is 13.9. The quantitative estimate of drug-likeness (QED) is 0.543. The van der Waals surface area contributed by atoms with Crippen LogP contribution in [0.15, 0.2) is 24.3 Å². The molecule has 0 saturated carbocycles. The predicted molar refractivity (Wildman–Crippen MR) is 79.2 cm³/mol. The van der Waals surface area contributed by atoms with Crippen molar-refractivity contribution in [3.63, 3.8) is 0 Å². The van der Waals surface area contributed by atoms with E-state index in [1.807, 2.05) is 19.1 Å². The summed E-state index contributed by atoms with van der Waals surface area (Å²) in [5.74, 6) is 3.53. The minimum Gasteiger partial charge on any atom is -0.494 e. The molecule has 0 aromatic heterocycles. The molecule has 0 saturated heterocycles. The van der Waals surface area contributed by atoms with Gasteiger partial charge in [-0.15, -0.1) is 12.3 Å². The summed E-state index contributed by atoms with van der Waals surface area (Å²) in [6, 6.07) is 8.13. The molecule has 1 aromatic carbocycles. The number of unbranched alkanes of at least 4 members (excludes halogenated alkanes) is 2. The lowest BCUT2D eigenvalue weighted by atomic mass is 10.1. The Morgan fingerprint density at radius 3 is 2.63 bits per heavy atom. The highest BCUT2D eigenvalue weighted by Gasteiger charge is 2.02. The minimum absolute atomic E-state index is 0.188. The van der Waals surface area contributed by atoms with E-state index in [1.165, 1.54) is 5.56 Å². The van der Waals surface area contributed by atoms with Crippen molar-refractivity contribution in [3.8, 4) is 18.1 Å². The van der Waals surface area contributed by atoms with Crippen molar-refractivity contribution in [2.24, 2.45) is 0 Å². The van der Waals surface area contributed by atoms with Crippen molar-refractivity contribution in [2.45, 2.75) is 51.6 Å². The van der Waals surface area contributed by atoms with Crippen molar-refractivity contribution in [1.29, 1.82) is 0 Å². The molecule has 1 unspecified atom stereocenters. The molecule has 0 radical (unpaired) electrons. The van der Waals surface area contributed by atoms with Gasteiger partial charge in [0, 0.05) is 6.42 Å². The fourth-order valence-electron chi connectivity index (χ4n) is 1.81. The second-order valence-corrected chi connectivity index (χ2v) is 4.75. The Balaban J connectivity index is 2.25. The number of terminal acetylenes is 1. The van der Waals surface area contributed by atoms with Crippen molar-refractivity contribution in [2.75, 3.05) is 6.61 Å². The average molecular weight is 260 g/mol. The Morgan fingerprint density at radius 1 is 1.26 bits per heavy atom. The summed E-state index contributed by atoms with van der Waals surface area (Å²) in [7, 11) is 0. The summed E-state index contributed by atoms with van der Waals surface area (Å²) in [4.78, 5) is 0. The standard InChI is InChI=1S/C17H24O2/c1-3-5-6-7-14-19-17-12-9-15(10-13-17)8-11-16(18)4-2/h1,9-10,12-13,16,18H,4-8,11,14H2,2H3. The van der Waals surface area contributed by atoms with Crippen LogP contribution in [0.1, 0.15) is 44.6 Å². The van der Waals surface area contributed by atoms with Crippen LogP contribution >= 0.6 is 0 Å². The SMILES string of the molecule is C#CCCCCOc1ccc(CCC(O)CC)cc1. The summed E-state index contributed by atoms with van der Waals surface area (Å²) in [5, 5.41) is 9.52. The van der Waals surface area contributed by atoms with Crippen LogP contribution in [-0.4, -0.2) is 17.8 Å². The van der Waals surface area contributed by atoms with Gasteiger partial charge in [-0.3, -0.25) is 0 Å². The van der Waals surface area contributed by atoms with Gasteiger partial charge in [-0.25, -0.2) is 0 Å². The Kier molecular flexibility index (Phi) is 7.77. The first-order valence-electron chi connectivity index (χ1n) is 7.09. The molecule has 104 valence electrons. The largest absolute Gasteiger partial charge is 0.494 e. The summed E-state index contributed by atoms with van der Waals surface area (Å²) in [6.45, 7) is 2.72. The predicted octanol–water partition coefficient (Wildman–Crippen LogP) is 3.57. The fourth-order valence-corrected chi connectivity index (χ4v) is 1.81. The molecule has 19 heavy (non-hydrogen) atoms. The number of aliphatic hydroxyl groups excluding tert-OH is 1. The molecule has 2 heteroatoms. The van der Waals surface area contributed by atoms with E-state index < -0.39 is 0 Å². The Morgan fingerprint density at radius 2 is 2.00 bits per heavy atom. The maximum Gasteiger partial charge on any atom is 0.119 e. The van der Waals surface area contributed by atoms with Gasteiger partial charge in [0.15, 0.2) is 0 Å². The van der Waals surface area contributed by atoms with Crippen LogP contribution in [-0.2, 0) is 6.42 Å². The van der Waals surface area contributed by atoms with Gasteiger partial charge in [0.1, 0.15) is 5.75 Å². The maximum atomic E-state index is 9.52. The normalized spacial score (nSPS) is 11.8. The molecule has 0 bridgehead atoms. The van der Waals surface area contributed by atoms with Gasteiger partial charge in [0.25, 0.3) is 0 Å². The van der Waals surface area contributed by atoms with E-state index in [1.54, 1.807) is 0 Å². The third kappa shape index (κ3) is 6.88. The smallest absolute Gasteiger partial charge is 0.119 e. The van der Waals surface area contributed by atoms with Crippen molar-refractivity contribution < 1.29 is 9.84 Å². The highest BCUT2D eigenvalue weighted by molar-refractivity contribution is 5.27. The van der Waals surface area contributed by atoms with Gasteiger partial charge >= 0.3 is 0 Å². The van der Waals surface area contributed by atoms with E-state index in [9.17, 15) is 5.11 Å². The maximum absolute atomic E-state index is 9.52. The Labute approximate surface area is 116 Å². The number of rotatable bonds is 9. The van der Waals surface area contributed by atoms with Gasteiger partial charge in [-0.1, -0.05) is 19.1 Å². The lowest BCUT2D eigenvalue weighted by Crippen LogP contribution is -2.05. The van der Waals surface area contributed by atoms with Crippen molar-refractivity contribution in [3.05, 3.63) is 29.8 Å². The van der Waals surface area contributed by atoms with Crippen molar-refractivity contribution in [1.82, 2.24) is 0 Å². The lowest BCUT2D eigenvalue weighted by Gasteiger charge is -2.09. The molecule has 0 aliphatic rings. The van der Waals surface area contributed by atoms with Gasteiger partial charge in [-0.05, 0) is 49.8 Å². The van der Waals surface area contributed by atoms with E-state index in [0.29, 0.717) is 0 Å². The Bertz CT molecular complexity index is 375. The van der Waals surface area contributed by atoms with E-state index >= 15 is 0 Å². The molecule has 1 N–H and O–H groups in total. The highest BCUT2D eigenvalue weighted by atomic mass is 16.5. The lowest BCUT2D eigenvalue weighted by molar-refractivity contribution is 0.160. The van der Waals surface area contributed by atoms with E-state index in [4.69, 9.17) is 11.2 Å². The summed E-state index contributed by atoms with van der Waals surface area (Å²) in [5.41, 5.74) is 1.24. The number of hydrogen-bond donors (Lipinski definition) is 1. The molecular weight excluding hydrogens is 236 g/mol. The third-order valence-electron chi connectivity index (χ3n) is 3.15. The number of aryl methyl sites for hydroxylation is 1. The molecule has 1 atom stereocenters. The van der Waals surface area contributed by atoms with Crippen LogP contribution in [0, 0.1) is 12.3 Å². The van der Waals surface area contributed by atoms with Gasteiger partial charge in [0.2, 0.25) is 0 Å². The van der Waals surface area contributed by atoms with Crippen LogP contribution in [0.4, 0.5) is 0 Å². The average Bonchev–Trinajstić information content (AvgIpc) is 2.45. The number of benzene rings is 1. The van der Waals surface area contributed by atoms with Gasteiger partial charge in [0.05, 0.1) is 12.7 Å². The molecule has 0 amide bonds. The molecule has 0 aliphatic heterocycles. The van der Waals surface area contributed by atoms with Crippen LogP contribution < -0.4 is 4.74 Å². The molecule has 1 aromatic rings. The zero-order valence-corrected chi connectivity index (χ0v) is 11.8. The highest BCUT2D eigenvalue weighted by Crippen LogP contribution is 2.15. The first-order valence-corrected chi connectivity index (χ1v) is 7.09. The van der Waals surface area contributed by atoms with Crippen LogP contribution in [0.3, 0.4) is 0 Å². The van der Waals surface area contributed by atoms with Gasteiger partial charge in [-0.2, -0.15) is 0 Å². The fraction of sp³-hybridized carbons (Fsp3) is 0.529. The van der Waals surface area contributed by atoms with Crippen molar-refractivity contribution >= 4 is 0 Å². The van der Waals surface area contributed by atoms with E-state index in [2.05, 4.69) is 18.1 Å². The first kappa shape index (κ1) is 15.6. The second kappa shape index (κ2) is 9.47. The number of hydrogen-bond acceptors (Lipinski definition) is 2. The van der Waals surface area contributed by atoms with Gasteiger partial charge < -0.3 is 9.84 Å². The molecule has 1 rings (SSSR count). The zero-order valence-electron chi connectivity index (χ0n) is 11.8. The topological polar surface area (TPSA) is 29.5 Å². The van der Waals surface area contributed by atoms with Crippen LogP contribution in [0.25, 0.3) is 0 Å². The van der Waals surface area contributed by atoms with Crippen LogP contribution in [0.5, 0.6) is 5.75 Å². The first-order chi connectivity index (χ1) is 9.26. The minimum atomic E-state index is -0.188. The summed E-state index contributed by atoms with van der Waals surface area (Å²) >= 11 is 0. The number of ether oxygens (including phenoxy) is 1.